The molecule has 0 radical (unpaired) electrons. The molecule has 2 amide bonds. The lowest BCUT2D eigenvalue weighted by atomic mass is 9.93. The molecule has 1 saturated carbocycles. The lowest BCUT2D eigenvalue weighted by Crippen LogP contribution is -2.43. The first-order valence-corrected chi connectivity index (χ1v) is 11.0. The number of halogens is 1. The second kappa shape index (κ2) is 11.4. The quantitative estimate of drug-likeness (QED) is 0.634. The summed E-state index contributed by atoms with van der Waals surface area (Å²) in [5, 5.41) is 2.51. The van der Waals surface area contributed by atoms with Crippen molar-refractivity contribution < 1.29 is 23.5 Å². The van der Waals surface area contributed by atoms with Gasteiger partial charge in [0.15, 0.2) is 6.61 Å². The third-order valence-electron chi connectivity index (χ3n) is 5.63. The monoisotopic (exact) mass is 440 g/mol. The molecule has 2 aromatic carbocycles. The van der Waals surface area contributed by atoms with Crippen LogP contribution in [0.15, 0.2) is 48.5 Å². The highest BCUT2D eigenvalue weighted by Crippen LogP contribution is 2.24. The van der Waals surface area contributed by atoms with Gasteiger partial charge in [0, 0.05) is 18.2 Å². The summed E-state index contributed by atoms with van der Waals surface area (Å²) in [6.45, 7) is 1.50. The lowest BCUT2D eigenvalue weighted by molar-refractivity contribution is -0.152. The third kappa shape index (κ3) is 6.90. The van der Waals surface area contributed by atoms with E-state index in [1.54, 1.807) is 35.2 Å². The Morgan fingerprint density at radius 1 is 1.06 bits per heavy atom. The Kier molecular flexibility index (Phi) is 8.36. The fourth-order valence-corrected chi connectivity index (χ4v) is 3.92. The van der Waals surface area contributed by atoms with Crippen molar-refractivity contribution in [2.45, 2.75) is 51.6 Å². The van der Waals surface area contributed by atoms with Crippen LogP contribution in [-0.2, 0) is 20.9 Å². The maximum absolute atomic E-state index is 13.2. The van der Waals surface area contributed by atoms with Gasteiger partial charge in [-0.2, -0.15) is 0 Å². The van der Waals surface area contributed by atoms with Crippen LogP contribution >= 0.6 is 0 Å². The van der Waals surface area contributed by atoms with E-state index in [0.29, 0.717) is 12.1 Å². The van der Waals surface area contributed by atoms with Crippen molar-refractivity contribution >= 4 is 17.8 Å². The van der Waals surface area contributed by atoms with Crippen molar-refractivity contribution in [3.05, 3.63) is 71.0 Å². The summed E-state index contributed by atoms with van der Waals surface area (Å²) in [6.07, 6.45) is 5.02. The standard InChI is InChI=1S/C25H29FN2O4/c1-18-6-5-7-20(14-18)25(31)27-15-24(30)32-17-23(29)28(22-8-3-2-4-9-22)16-19-10-12-21(26)13-11-19/h5-7,10-14,22H,2-4,8-9,15-17H2,1H3,(H,27,31). The predicted octanol–water partition coefficient (Wildman–Crippen LogP) is 3.77. The number of esters is 1. The molecule has 0 aliphatic heterocycles. The zero-order valence-electron chi connectivity index (χ0n) is 18.3. The minimum absolute atomic E-state index is 0.0704. The first kappa shape index (κ1) is 23.4. The molecule has 1 N–H and O–H groups in total. The van der Waals surface area contributed by atoms with Crippen LogP contribution in [0.3, 0.4) is 0 Å². The van der Waals surface area contributed by atoms with Gasteiger partial charge >= 0.3 is 5.97 Å². The topological polar surface area (TPSA) is 75.7 Å². The number of carbonyl (C=O) groups excluding carboxylic acids is 3. The Bertz CT molecular complexity index is 939. The van der Waals surface area contributed by atoms with Gasteiger partial charge in [-0.1, -0.05) is 49.1 Å². The Balaban J connectivity index is 1.53. The van der Waals surface area contributed by atoms with Gasteiger partial charge in [-0.25, -0.2) is 4.39 Å². The van der Waals surface area contributed by atoms with Crippen LogP contribution < -0.4 is 5.32 Å². The van der Waals surface area contributed by atoms with Crippen LogP contribution in [0, 0.1) is 12.7 Å². The molecule has 0 saturated heterocycles. The molecule has 1 aliphatic carbocycles. The molecule has 1 aliphatic rings. The molecule has 32 heavy (non-hydrogen) atoms. The van der Waals surface area contributed by atoms with Crippen molar-refractivity contribution in [2.75, 3.05) is 13.2 Å². The minimum atomic E-state index is -0.676. The number of benzene rings is 2. The summed E-state index contributed by atoms with van der Waals surface area (Å²) in [7, 11) is 0. The Morgan fingerprint density at radius 2 is 1.78 bits per heavy atom. The molecule has 0 unspecified atom stereocenters. The predicted molar refractivity (Wildman–Crippen MR) is 118 cm³/mol. The number of hydrogen-bond donors (Lipinski definition) is 1. The van der Waals surface area contributed by atoms with Gasteiger partial charge in [-0.05, 0) is 49.6 Å². The molecule has 7 heteroatoms. The van der Waals surface area contributed by atoms with Gasteiger partial charge in [0.2, 0.25) is 0 Å². The van der Waals surface area contributed by atoms with E-state index in [2.05, 4.69) is 5.32 Å². The molecule has 0 atom stereocenters. The van der Waals surface area contributed by atoms with E-state index in [1.807, 2.05) is 13.0 Å². The molecule has 170 valence electrons. The number of rotatable bonds is 8. The molecule has 2 aromatic rings. The number of nitrogens with one attached hydrogen (secondary N) is 1. The van der Waals surface area contributed by atoms with Crippen LogP contribution in [0.2, 0.25) is 0 Å². The SMILES string of the molecule is Cc1cccc(C(=O)NCC(=O)OCC(=O)N(Cc2ccc(F)cc2)C2CCCCC2)c1. The van der Waals surface area contributed by atoms with Gasteiger partial charge < -0.3 is 15.0 Å². The number of carbonyl (C=O) groups is 3. The molecule has 3 rings (SSSR count). The second-order valence-electron chi connectivity index (χ2n) is 8.15. The lowest BCUT2D eigenvalue weighted by Gasteiger charge is -2.34. The number of aryl methyl sites for hydroxylation is 1. The normalized spacial score (nSPS) is 13.9. The van der Waals surface area contributed by atoms with Crippen molar-refractivity contribution in [1.29, 1.82) is 0 Å². The summed E-state index contributed by atoms with van der Waals surface area (Å²) in [6, 6.07) is 13.2. The molecule has 0 heterocycles. The molecule has 0 bridgehead atoms. The largest absolute Gasteiger partial charge is 0.454 e. The van der Waals surface area contributed by atoms with E-state index in [-0.39, 0.29) is 30.2 Å². The summed E-state index contributed by atoms with van der Waals surface area (Å²) in [4.78, 5) is 38.9. The summed E-state index contributed by atoms with van der Waals surface area (Å²) in [5.74, 6) is -1.67. The Labute approximate surface area is 187 Å². The van der Waals surface area contributed by atoms with Crippen LogP contribution in [-0.4, -0.2) is 41.9 Å². The molecular formula is C25H29FN2O4. The van der Waals surface area contributed by atoms with Crippen molar-refractivity contribution in [3.63, 3.8) is 0 Å². The maximum atomic E-state index is 13.2. The van der Waals surface area contributed by atoms with Gasteiger partial charge in [-0.3, -0.25) is 14.4 Å². The van der Waals surface area contributed by atoms with Gasteiger partial charge in [-0.15, -0.1) is 0 Å². The highest BCUT2D eigenvalue weighted by molar-refractivity contribution is 5.96. The van der Waals surface area contributed by atoms with Crippen molar-refractivity contribution in [2.24, 2.45) is 0 Å². The van der Waals surface area contributed by atoms with E-state index in [0.717, 1.165) is 43.2 Å². The van der Waals surface area contributed by atoms with Gasteiger partial charge in [0.05, 0.1) is 0 Å². The zero-order chi connectivity index (χ0) is 22.9. The Morgan fingerprint density at radius 3 is 2.47 bits per heavy atom. The van der Waals surface area contributed by atoms with Crippen LogP contribution in [0.5, 0.6) is 0 Å². The van der Waals surface area contributed by atoms with Crippen LogP contribution in [0.1, 0.15) is 53.6 Å². The van der Waals surface area contributed by atoms with E-state index in [9.17, 15) is 18.8 Å². The third-order valence-corrected chi connectivity index (χ3v) is 5.63. The molecule has 0 spiro atoms. The fourth-order valence-electron chi connectivity index (χ4n) is 3.92. The van der Waals surface area contributed by atoms with Crippen LogP contribution in [0.25, 0.3) is 0 Å². The van der Waals surface area contributed by atoms with E-state index < -0.39 is 12.6 Å². The van der Waals surface area contributed by atoms with Crippen LogP contribution in [0.4, 0.5) is 4.39 Å². The maximum Gasteiger partial charge on any atom is 0.325 e. The van der Waals surface area contributed by atoms with Gasteiger partial charge in [0.1, 0.15) is 12.4 Å². The summed E-state index contributed by atoms with van der Waals surface area (Å²) < 4.78 is 18.4. The summed E-state index contributed by atoms with van der Waals surface area (Å²) in [5.41, 5.74) is 2.22. The minimum Gasteiger partial charge on any atom is -0.454 e. The average molecular weight is 441 g/mol. The fraction of sp³-hybridized carbons (Fsp3) is 0.400. The molecular weight excluding hydrogens is 411 g/mol. The Hall–Kier alpha value is -3.22. The highest BCUT2D eigenvalue weighted by atomic mass is 19.1. The van der Waals surface area contributed by atoms with Crippen molar-refractivity contribution in [3.8, 4) is 0 Å². The van der Waals surface area contributed by atoms with E-state index in [4.69, 9.17) is 4.74 Å². The summed E-state index contributed by atoms with van der Waals surface area (Å²) >= 11 is 0. The van der Waals surface area contributed by atoms with Gasteiger partial charge in [0.25, 0.3) is 11.8 Å². The average Bonchev–Trinajstić information content (AvgIpc) is 2.81. The number of ether oxygens (including phenoxy) is 1. The molecule has 1 fully saturated rings. The van der Waals surface area contributed by atoms with E-state index >= 15 is 0 Å². The van der Waals surface area contributed by atoms with E-state index in [1.165, 1.54) is 12.1 Å². The number of nitrogens with zero attached hydrogens (tertiary/aromatic N) is 1. The molecule has 0 aromatic heterocycles. The smallest absolute Gasteiger partial charge is 0.325 e. The van der Waals surface area contributed by atoms with Crippen molar-refractivity contribution in [1.82, 2.24) is 10.2 Å². The number of amides is 2. The number of hydrogen-bond acceptors (Lipinski definition) is 4. The first-order chi connectivity index (χ1) is 15.4. The highest BCUT2D eigenvalue weighted by Gasteiger charge is 2.26. The molecule has 6 nitrogen and oxygen atoms in total. The second-order valence-corrected chi connectivity index (χ2v) is 8.15. The first-order valence-electron chi connectivity index (χ1n) is 11.0. The zero-order valence-corrected chi connectivity index (χ0v) is 18.3.